The molecule has 0 aromatic rings. The molecule has 0 heterocycles. The van der Waals surface area contributed by atoms with Gasteiger partial charge in [-0.2, -0.15) is 11.8 Å². The predicted molar refractivity (Wildman–Crippen MR) is 73.4 cm³/mol. The van der Waals surface area contributed by atoms with E-state index in [2.05, 4.69) is 18.5 Å². The highest BCUT2D eigenvalue weighted by Gasteiger charge is 2.33. The van der Waals surface area contributed by atoms with E-state index < -0.39 is 0 Å². The molecule has 0 aromatic heterocycles. The van der Waals surface area contributed by atoms with Crippen molar-refractivity contribution >= 4 is 17.7 Å². The molecule has 1 aliphatic carbocycles. The third-order valence-corrected chi connectivity index (χ3v) is 5.44. The van der Waals surface area contributed by atoms with Crippen LogP contribution in [0.15, 0.2) is 0 Å². The number of carbonyl (C=O) groups is 1. The molecule has 1 saturated carbocycles. The second kappa shape index (κ2) is 6.64. The van der Waals surface area contributed by atoms with Crippen molar-refractivity contribution < 1.29 is 9.53 Å². The molecule has 3 nitrogen and oxygen atoms in total. The monoisotopic (exact) mass is 259 g/mol. The smallest absolute Gasteiger partial charge is 0.309 e. The summed E-state index contributed by atoms with van der Waals surface area (Å²) in [4.78, 5) is 11.4. The summed E-state index contributed by atoms with van der Waals surface area (Å²) in [5, 5.41) is 3.51. The molecule has 0 spiro atoms. The fraction of sp³-hybridized carbons (Fsp3) is 0.923. The summed E-state index contributed by atoms with van der Waals surface area (Å²) in [6, 6.07) is 0.173. The molecular weight excluding hydrogens is 234 g/mol. The Morgan fingerprint density at radius 3 is 2.47 bits per heavy atom. The SMILES string of the molecule is COC(=O)C(C)C(C)NCC1(SC)CCCC1. The Morgan fingerprint density at radius 2 is 2.00 bits per heavy atom. The van der Waals surface area contributed by atoms with Gasteiger partial charge >= 0.3 is 5.97 Å². The number of ether oxygens (including phenoxy) is 1. The number of carbonyl (C=O) groups excluding carboxylic acids is 1. The maximum absolute atomic E-state index is 11.4. The Balaban J connectivity index is 2.41. The molecule has 4 heteroatoms. The van der Waals surface area contributed by atoms with Crippen LogP contribution in [0.1, 0.15) is 39.5 Å². The second-order valence-electron chi connectivity index (χ2n) is 5.08. The first kappa shape index (κ1) is 14.8. The van der Waals surface area contributed by atoms with Gasteiger partial charge in [-0.25, -0.2) is 0 Å². The van der Waals surface area contributed by atoms with Crippen molar-refractivity contribution in [3.63, 3.8) is 0 Å². The van der Waals surface area contributed by atoms with E-state index in [4.69, 9.17) is 4.74 Å². The number of nitrogens with one attached hydrogen (secondary N) is 1. The van der Waals surface area contributed by atoms with E-state index in [0.29, 0.717) is 4.75 Å². The molecule has 17 heavy (non-hydrogen) atoms. The summed E-state index contributed by atoms with van der Waals surface area (Å²) in [7, 11) is 1.45. The normalized spacial score (nSPS) is 22.1. The van der Waals surface area contributed by atoms with Gasteiger partial charge in [-0.05, 0) is 26.0 Å². The number of rotatable bonds is 6. The lowest BCUT2D eigenvalue weighted by Gasteiger charge is -2.30. The first-order valence-corrected chi connectivity index (χ1v) is 7.63. The van der Waals surface area contributed by atoms with Crippen molar-refractivity contribution in [3.05, 3.63) is 0 Å². The molecule has 0 radical (unpaired) electrons. The van der Waals surface area contributed by atoms with Crippen molar-refractivity contribution in [1.29, 1.82) is 0 Å². The minimum absolute atomic E-state index is 0.0830. The van der Waals surface area contributed by atoms with Gasteiger partial charge in [0.2, 0.25) is 0 Å². The Bertz CT molecular complexity index is 252. The average molecular weight is 259 g/mol. The second-order valence-corrected chi connectivity index (χ2v) is 6.35. The summed E-state index contributed by atoms with van der Waals surface area (Å²) >= 11 is 1.97. The van der Waals surface area contributed by atoms with Crippen molar-refractivity contribution in [2.45, 2.75) is 50.3 Å². The number of hydrogen-bond donors (Lipinski definition) is 1. The third-order valence-electron chi connectivity index (χ3n) is 4.02. The molecule has 0 bridgehead atoms. The lowest BCUT2D eigenvalue weighted by Crippen LogP contribution is -2.44. The van der Waals surface area contributed by atoms with Crippen LogP contribution in [0.25, 0.3) is 0 Å². The van der Waals surface area contributed by atoms with Crippen molar-refractivity contribution in [2.24, 2.45) is 5.92 Å². The van der Waals surface area contributed by atoms with Gasteiger partial charge in [0.1, 0.15) is 0 Å². The van der Waals surface area contributed by atoms with Crippen LogP contribution < -0.4 is 5.32 Å². The lowest BCUT2D eigenvalue weighted by molar-refractivity contribution is -0.145. The van der Waals surface area contributed by atoms with Gasteiger partial charge in [0, 0.05) is 17.3 Å². The zero-order valence-electron chi connectivity index (χ0n) is 11.4. The van der Waals surface area contributed by atoms with E-state index in [1.165, 1.54) is 32.8 Å². The molecule has 1 N–H and O–H groups in total. The van der Waals surface area contributed by atoms with Gasteiger partial charge in [-0.3, -0.25) is 4.79 Å². The molecule has 0 saturated heterocycles. The van der Waals surface area contributed by atoms with Crippen LogP contribution in [0.2, 0.25) is 0 Å². The summed E-state index contributed by atoms with van der Waals surface area (Å²) in [6.45, 7) is 4.98. The zero-order valence-corrected chi connectivity index (χ0v) is 12.2. The van der Waals surface area contributed by atoms with Crippen molar-refractivity contribution in [3.8, 4) is 0 Å². The number of methoxy groups -OCH3 is 1. The van der Waals surface area contributed by atoms with E-state index in [1.54, 1.807) is 0 Å². The fourth-order valence-corrected chi connectivity index (χ4v) is 3.31. The van der Waals surface area contributed by atoms with Gasteiger partial charge in [-0.15, -0.1) is 0 Å². The zero-order chi connectivity index (χ0) is 12.9. The molecule has 2 atom stereocenters. The van der Waals surface area contributed by atoms with Crippen LogP contribution in [0.3, 0.4) is 0 Å². The number of thioether (sulfide) groups is 1. The van der Waals surface area contributed by atoms with Crippen molar-refractivity contribution in [1.82, 2.24) is 5.32 Å². The van der Waals surface area contributed by atoms with Crippen LogP contribution in [0, 0.1) is 5.92 Å². The average Bonchev–Trinajstić information content (AvgIpc) is 2.83. The molecule has 0 amide bonds. The Labute approximate surface area is 109 Å². The Hall–Kier alpha value is -0.220. The summed E-state index contributed by atoms with van der Waals surface area (Å²) < 4.78 is 5.17. The van der Waals surface area contributed by atoms with E-state index >= 15 is 0 Å². The lowest BCUT2D eigenvalue weighted by atomic mass is 10.0. The van der Waals surface area contributed by atoms with Crippen LogP contribution in [0.5, 0.6) is 0 Å². The minimum Gasteiger partial charge on any atom is -0.469 e. The van der Waals surface area contributed by atoms with E-state index in [-0.39, 0.29) is 17.9 Å². The molecule has 1 rings (SSSR count). The Kier molecular flexibility index (Phi) is 5.80. The summed E-state index contributed by atoms with van der Waals surface area (Å²) in [5.74, 6) is -0.213. The molecule has 100 valence electrons. The van der Waals surface area contributed by atoms with Gasteiger partial charge in [0.05, 0.1) is 13.0 Å². The molecule has 1 aliphatic rings. The molecule has 2 unspecified atom stereocenters. The van der Waals surface area contributed by atoms with Gasteiger partial charge in [-0.1, -0.05) is 19.8 Å². The highest BCUT2D eigenvalue weighted by Crippen LogP contribution is 2.39. The molecule has 0 aromatic carbocycles. The first-order chi connectivity index (χ1) is 8.04. The highest BCUT2D eigenvalue weighted by atomic mass is 32.2. The van der Waals surface area contributed by atoms with E-state index in [9.17, 15) is 4.79 Å². The van der Waals surface area contributed by atoms with Gasteiger partial charge in [0.25, 0.3) is 0 Å². The number of hydrogen-bond acceptors (Lipinski definition) is 4. The summed E-state index contributed by atoms with van der Waals surface area (Å²) in [5.41, 5.74) is 0. The topological polar surface area (TPSA) is 38.3 Å². The number of esters is 1. The fourth-order valence-electron chi connectivity index (χ4n) is 2.39. The Morgan fingerprint density at radius 1 is 1.41 bits per heavy atom. The van der Waals surface area contributed by atoms with E-state index in [0.717, 1.165) is 6.54 Å². The third kappa shape index (κ3) is 3.88. The van der Waals surface area contributed by atoms with E-state index in [1.807, 2.05) is 18.7 Å². The molecule has 1 fully saturated rings. The van der Waals surface area contributed by atoms with Crippen LogP contribution in [-0.4, -0.2) is 36.7 Å². The van der Waals surface area contributed by atoms with Crippen LogP contribution in [-0.2, 0) is 9.53 Å². The molecular formula is C13H25NO2S. The van der Waals surface area contributed by atoms with Crippen LogP contribution >= 0.6 is 11.8 Å². The predicted octanol–water partition coefficient (Wildman–Crippen LogP) is 2.45. The molecule has 0 aliphatic heterocycles. The maximum Gasteiger partial charge on any atom is 0.309 e. The van der Waals surface area contributed by atoms with Crippen LogP contribution in [0.4, 0.5) is 0 Å². The van der Waals surface area contributed by atoms with Gasteiger partial charge < -0.3 is 10.1 Å². The first-order valence-electron chi connectivity index (χ1n) is 6.41. The minimum atomic E-state index is -0.130. The maximum atomic E-state index is 11.4. The summed E-state index contributed by atoms with van der Waals surface area (Å²) in [6.07, 6.45) is 7.45. The largest absolute Gasteiger partial charge is 0.469 e. The quantitative estimate of drug-likeness (QED) is 0.744. The standard InChI is InChI=1S/C13H25NO2S/c1-10(12(15)16-3)11(2)14-9-13(17-4)7-5-6-8-13/h10-11,14H,5-9H2,1-4H3. The van der Waals surface area contributed by atoms with Gasteiger partial charge in [0.15, 0.2) is 0 Å². The van der Waals surface area contributed by atoms with Crippen molar-refractivity contribution in [2.75, 3.05) is 19.9 Å². The highest BCUT2D eigenvalue weighted by molar-refractivity contribution is 8.00.